The molecule has 0 aliphatic carbocycles. The quantitative estimate of drug-likeness (QED) is 0.675. The van der Waals surface area contributed by atoms with Gasteiger partial charge in [0.15, 0.2) is 0 Å². The molecule has 0 radical (unpaired) electrons. The average Bonchev–Trinajstić information content (AvgIpc) is 2.67. The molecule has 5 nitrogen and oxygen atoms in total. The lowest BCUT2D eigenvalue weighted by Crippen LogP contribution is -2.23. The van der Waals surface area contributed by atoms with Crippen LogP contribution in [0.2, 0.25) is 0 Å². The smallest absolute Gasteiger partial charge is 0.266 e. The van der Waals surface area contributed by atoms with Gasteiger partial charge in [0, 0.05) is 30.3 Å². The first kappa shape index (κ1) is 20.5. The largest absolute Gasteiger partial charge is 0.326 e. The second-order valence-corrected chi connectivity index (χ2v) is 7.21. The fourth-order valence-corrected chi connectivity index (χ4v) is 3.35. The number of carbonyl (C=O) groups is 1. The first-order valence-electron chi connectivity index (χ1n) is 9.55. The highest BCUT2D eigenvalue weighted by Gasteiger charge is 2.09. The molecule has 2 aromatic carbocycles. The molecule has 0 aliphatic rings. The van der Waals surface area contributed by atoms with E-state index in [4.69, 9.17) is 0 Å². The monoisotopic (exact) mass is 393 g/mol. The standard InChI is InChI=1S/C23H24FN3O2/c1-15-13-16(2)23(17(3)14-15)25-21(28)5-4-12-27-22(29)11-10-20(26-27)18-6-8-19(24)9-7-18/h6-11,13-14H,4-5,12H2,1-3H3,(H,25,28). The molecule has 0 aliphatic heterocycles. The number of hydrogen-bond acceptors (Lipinski definition) is 3. The summed E-state index contributed by atoms with van der Waals surface area (Å²) in [5, 5.41) is 7.31. The van der Waals surface area contributed by atoms with Crippen molar-refractivity contribution >= 4 is 11.6 Å². The SMILES string of the molecule is Cc1cc(C)c(NC(=O)CCCn2nc(-c3ccc(F)cc3)ccc2=O)c(C)c1. The minimum absolute atomic E-state index is 0.0946. The van der Waals surface area contributed by atoms with Gasteiger partial charge in [-0.15, -0.1) is 0 Å². The van der Waals surface area contributed by atoms with Gasteiger partial charge in [-0.2, -0.15) is 5.10 Å². The summed E-state index contributed by atoms with van der Waals surface area (Å²) in [4.78, 5) is 24.4. The number of rotatable bonds is 6. The van der Waals surface area contributed by atoms with Crippen molar-refractivity contribution in [1.29, 1.82) is 0 Å². The first-order valence-corrected chi connectivity index (χ1v) is 9.55. The summed E-state index contributed by atoms with van der Waals surface area (Å²) in [7, 11) is 0. The predicted octanol–water partition coefficient (Wildman–Crippen LogP) is 4.39. The minimum atomic E-state index is -0.327. The average molecular weight is 393 g/mol. The Bertz CT molecular complexity index is 1070. The molecule has 0 unspecified atom stereocenters. The van der Waals surface area contributed by atoms with E-state index in [0.717, 1.165) is 27.9 Å². The van der Waals surface area contributed by atoms with E-state index in [1.54, 1.807) is 18.2 Å². The van der Waals surface area contributed by atoms with Gasteiger partial charge >= 0.3 is 0 Å². The maximum Gasteiger partial charge on any atom is 0.266 e. The third-order valence-corrected chi connectivity index (χ3v) is 4.72. The van der Waals surface area contributed by atoms with Gasteiger partial charge in [-0.1, -0.05) is 17.7 Å². The number of benzene rings is 2. The van der Waals surface area contributed by atoms with Gasteiger partial charge in [-0.3, -0.25) is 9.59 Å². The lowest BCUT2D eigenvalue weighted by atomic mass is 10.0. The number of aryl methyl sites for hydroxylation is 4. The molecule has 1 aromatic heterocycles. The highest BCUT2D eigenvalue weighted by atomic mass is 19.1. The van der Waals surface area contributed by atoms with Crippen LogP contribution in [-0.4, -0.2) is 15.7 Å². The Morgan fingerprint density at radius 3 is 2.34 bits per heavy atom. The van der Waals surface area contributed by atoms with Gasteiger partial charge in [0.25, 0.3) is 5.56 Å². The van der Waals surface area contributed by atoms with E-state index in [1.807, 2.05) is 32.9 Å². The fraction of sp³-hybridized carbons (Fsp3) is 0.261. The van der Waals surface area contributed by atoms with Crippen LogP contribution in [-0.2, 0) is 11.3 Å². The molecule has 0 saturated carbocycles. The number of carbonyl (C=O) groups excluding carboxylic acids is 1. The number of anilines is 1. The van der Waals surface area contributed by atoms with Crippen LogP contribution >= 0.6 is 0 Å². The van der Waals surface area contributed by atoms with Crippen LogP contribution in [0.4, 0.5) is 10.1 Å². The zero-order valence-electron chi connectivity index (χ0n) is 16.8. The van der Waals surface area contributed by atoms with Gasteiger partial charge in [0.2, 0.25) is 5.91 Å². The van der Waals surface area contributed by atoms with E-state index in [9.17, 15) is 14.0 Å². The molecule has 1 amide bonds. The Morgan fingerprint density at radius 2 is 1.69 bits per heavy atom. The van der Waals surface area contributed by atoms with Crippen molar-refractivity contribution in [3.63, 3.8) is 0 Å². The Balaban J connectivity index is 1.63. The molecule has 0 fully saturated rings. The molecule has 6 heteroatoms. The Kier molecular flexibility index (Phi) is 6.22. The molecule has 150 valence electrons. The molecule has 3 rings (SSSR count). The van der Waals surface area contributed by atoms with Crippen LogP contribution in [0.1, 0.15) is 29.5 Å². The Hall–Kier alpha value is -3.28. The fourth-order valence-electron chi connectivity index (χ4n) is 3.35. The number of amides is 1. The van der Waals surface area contributed by atoms with Crippen LogP contribution in [0.3, 0.4) is 0 Å². The summed E-state index contributed by atoms with van der Waals surface area (Å²) in [5.41, 5.74) is 5.13. The lowest BCUT2D eigenvalue weighted by Gasteiger charge is -2.13. The number of aromatic nitrogens is 2. The molecule has 0 saturated heterocycles. The molecule has 29 heavy (non-hydrogen) atoms. The van der Waals surface area contributed by atoms with E-state index in [0.29, 0.717) is 18.7 Å². The summed E-state index contributed by atoms with van der Waals surface area (Å²) in [6.07, 6.45) is 0.761. The lowest BCUT2D eigenvalue weighted by molar-refractivity contribution is -0.116. The van der Waals surface area contributed by atoms with Crippen molar-refractivity contribution < 1.29 is 9.18 Å². The number of nitrogens with one attached hydrogen (secondary N) is 1. The number of halogens is 1. The molecular weight excluding hydrogens is 369 g/mol. The van der Waals surface area contributed by atoms with E-state index < -0.39 is 0 Å². The maximum absolute atomic E-state index is 13.1. The zero-order valence-corrected chi connectivity index (χ0v) is 16.8. The van der Waals surface area contributed by atoms with Crippen molar-refractivity contribution in [3.8, 4) is 11.3 Å². The van der Waals surface area contributed by atoms with E-state index in [-0.39, 0.29) is 23.7 Å². The first-order chi connectivity index (χ1) is 13.8. The van der Waals surface area contributed by atoms with Crippen LogP contribution < -0.4 is 10.9 Å². The highest BCUT2D eigenvalue weighted by Crippen LogP contribution is 2.22. The zero-order chi connectivity index (χ0) is 21.0. The van der Waals surface area contributed by atoms with Gasteiger partial charge in [-0.05, 0) is 68.7 Å². The van der Waals surface area contributed by atoms with Crippen molar-refractivity contribution in [1.82, 2.24) is 9.78 Å². The third-order valence-electron chi connectivity index (χ3n) is 4.72. The van der Waals surface area contributed by atoms with Crippen LogP contribution in [0.25, 0.3) is 11.3 Å². The molecule has 0 bridgehead atoms. The molecule has 1 N–H and O–H groups in total. The molecule has 0 atom stereocenters. The minimum Gasteiger partial charge on any atom is -0.326 e. The predicted molar refractivity (Wildman–Crippen MR) is 112 cm³/mol. The summed E-state index contributed by atoms with van der Waals surface area (Å²) in [5.74, 6) is -0.421. The summed E-state index contributed by atoms with van der Waals surface area (Å²) < 4.78 is 14.4. The van der Waals surface area contributed by atoms with Crippen LogP contribution in [0.5, 0.6) is 0 Å². The maximum atomic E-state index is 13.1. The van der Waals surface area contributed by atoms with Crippen molar-refractivity contribution in [3.05, 3.63) is 81.4 Å². The summed E-state index contributed by atoms with van der Waals surface area (Å²) in [6.45, 7) is 6.30. The van der Waals surface area contributed by atoms with Crippen LogP contribution in [0.15, 0.2) is 53.3 Å². The highest BCUT2D eigenvalue weighted by molar-refractivity contribution is 5.92. The van der Waals surface area contributed by atoms with Gasteiger partial charge < -0.3 is 5.32 Å². The van der Waals surface area contributed by atoms with Crippen LogP contribution in [0, 0.1) is 26.6 Å². The van der Waals surface area contributed by atoms with E-state index in [2.05, 4.69) is 10.4 Å². The number of nitrogens with zero attached hydrogens (tertiary/aromatic N) is 2. The Morgan fingerprint density at radius 1 is 1.03 bits per heavy atom. The van der Waals surface area contributed by atoms with E-state index in [1.165, 1.54) is 22.9 Å². The number of hydrogen-bond donors (Lipinski definition) is 1. The molecular formula is C23H24FN3O2. The molecule has 1 heterocycles. The van der Waals surface area contributed by atoms with E-state index >= 15 is 0 Å². The van der Waals surface area contributed by atoms with Gasteiger partial charge in [-0.25, -0.2) is 9.07 Å². The van der Waals surface area contributed by atoms with Crippen molar-refractivity contribution in [2.75, 3.05) is 5.32 Å². The summed E-state index contributed by atoms with van der Waals surface area (Å²) in [6, 6.07) is 13.1. The second-order valence-electron chi connectivity index (χ2n) is 7.21. The summed E-state index contributed by atoms with van der Waals surface area (Å²) >= 11 is 0. The Labute approximate surface area is 169 Å². The molecule has 3 aromatic rings. The van der Waals surface area contributed by atoms with Gasteiger partial charge in [0.1, 0.15) is 5.82 Å². The normalized spacial score (nSPS) is 10.8. The molecule has 0 spiro atoms. The van der Waals surface area contributed by atoms with Gasteiger partial charge in [0.05, 0.1) is 5.69 Å². The second kappa shape index (κ2) is 8.82. The van der Waals surface area contributed by atoms with Crippen molar-refractivity contribution in [2.24, 2.45) is 0 Å². The third kappa shape index (κ3) is 5.16. The topological polar surface area (TPSA) is 64.0 Å². The van der Waals surface area contributed by atoms with Crippen molar-refractivity contribution in [2.45, 2.75) is 40.2 Å².